The van der Waals surface area contributed by atoms with Gasteiger partial charge in [0, 0.05) is 0 Å². The van der Waals surface area contributed by atoms with Crippen molar-refractivity contribution < 1.29 is 21.6 Å². The van der Waals surface area contributed by atoms with E-state index in [0.29, 0.717) is 6.42 Å². The van der Waals surface area contributed by atoms with Crippen LogP contribution in [0.5, 0.6) is 0 Å². The van der Waals surface area contributed by atoms with Crippen molar-refractivity contribution >= 4 is 9.84 Å². The van der Waals surface area contributed by atoms with Gasteiger partial charge in [0.15, 0.2) is 0 Å². The van der Waals surface area contributed by atoms with Crippen molar-refractivity contribution in [2.75, 3.05) is 0 Å². The lowest BCUT2D eigenvalue weighted by Crippen LogP contribution is -2.27. The van der Waals surface area contributed by atoms with Gasteiger partial charge in [0.25, 0.3) is 9.84 Å². The third-order valence-corrected chi connectivity index (χ3v) is 4.12. The summed E-state index contributed by atoms with van der Waals surface area (Å²) in [5.74, 6) is -0.281. The minimum absolute atomic E-state index is 0.165. The summed E-state index contributed by atoms with van der Waals surface area (Å²) in [6.07, 6.45) is 0.665. The first-order chi connectivity index (χ1) is 5.30. The van der Waals surface area contributed by atoms with Crippen molar-refractivity contribution in [2.45, 2.75) is 30.5 Å². The van der Waals surface area contributed by atoms with Gasteiger partial charge in [-0.1, -0.05) is 13.3 Å². The summed E-state index contributed by atoms with van der Waals surface area (Å²) in [4.78, 5) is 0. The van der Waals surface area contributed by atoms with Crippen LogP contribution in [0.1, 0.15) is 19.8 Å². The third kappa shape index (κ3) is 1.44. The summed E-state index contributed by atoms with van der Waals surface area (Å²) in [5.41, 5.74) is -5.07. The fourth-order valence-corrected chi connectivity index (χ4v) is 2.74. The molecule has 0 radical (unpaired) electrons. The predicted octanol–water partition coefficient (Wildman–Crippen LogP) is 1.72. The highest BCUT2D eigenvalue weighted by atomic mass is 32.2. The highest BCUT2D eigenvalue weighted by Gasteiger charge is 2.58. The Morgan fingerprint density at radius 2 is 1.92 bits per heavy atom. The van der Waals surface area contributed by atoms with E-state index in [1.165, 1.54) is 0 Å². The highest BCUT2D eigenvalue weighted by Crippen LogP contribution is 2.45. The van der Waals surface area contributed by atoms with Crippen molar-refractivity contribution in [3.8, 4) is 0 Å². The van der Waals surface area contributed by atoms with E-state index in [1.54, 1.807) is 6.92 Å². The molecule has 0 saturated heterocycles. The molecule has 0 aromatic carbocycles. The van der Waals surface area contributed by atoms with E-state index in [-0.39, 0.29) is 12.3 Å². The van der Waals surface area contributed by atoms with Crippen LogP contribution in [0.25, 0.3) is 0 Å². The Morgan fingerprint density at radius 3 is 2.17 bits per heavy atom. The van der Waals surface area contributed by atoms with Gasteiger partial charge in [-0.25, -0.2) is 8.42 Å². The fourth-order valence-electron chi connectivity index (χ4n) is 1.20. The Labute approximate surface area is 68.7 Å². The molecule has 1 aliphatic carbocycles. The van der Waals surface area contributed by atoms with Gasteiger partial charge < -0.3 is 0 Å². The van der Waals surface area contributed by atoms with E-state index in [1.807, 2.05) is 0 Å². The molecule has 72 valence electrons. The van der Waals surface area contributed by atoms with Gasteiger partial charge in [-0.15, -0.1) is 0 Å². The van der Waals surface area contributed by atoms with Crippen LogP contribution in [0, 0.1) is 5.92 Å². The molecule has 1 rings (SSSR count). The Hall–Kier alpha value is -0.260. The molecular weight excluding hydrogens is 193 g/mol. The van der Waals surface area contributed by atoms with Crippen molar-refractivity contribution in [3.05, 3.63) is 0 Å². The zero-order valence-electron chi connectivity index (χ0n) is 6.43. The van der Waals surface area contributed by atoms with Crippen molar-refractivity contribution in [1.82, 2.24) is 0 Å². The third-order valence-electron chi connectivity index (χ3n) is 2.10. The first-order valence-corrected chi connectivity index (χ1v) is 5.15. The van der Waals surface area contributed by atoms with Crippen LogP contribution in [0.2, 0.25) is 0 Å². The predicted molar refractivity (Wildman–Crippen MR) is 37.2 cm³/mol. The summed E-state index contributed by atoms with van der Waals surface area (Å²) in [6, 6.07) is 0. The zero-order valence-corrected chi connectivity index (χ0v) is 7.24. The molecule has 2 atom stereocenters. The minimum atomic E-state index is -5.07. The highest BCUT2D eigenvalue weighted by molar-refractivity contribution is 7.93. The molecule has 0 aromatic heterocycles. The summed E-state index contributed by atoms with van der Waals surface area (Å²) >= 11 is 0. The van der Waals surface area contributed by atoms with E-state index in [9.17, 15) is 21.6 Å². The van der Waals surface area contributed by atoms with Gasteiger partial charge in [-0.05, 0) is 12.3 Å². The second-order valence-electron chi connectivity index (χ2n) is 2.93. The lowest BCUT2D eigenvalue weighted by Gasteiger charge is -2.06. The number of alkyl halides is 3. The van der Waals surface area contributed by atoms with Crippen LogP contribution in [0.4, 0.5) is 13.2 Å². The van der Waals surface area contributed by atoms with Crippen LogP contribution in [0.3, 0.4) is 0 Å². The number of hydrogen-bond acceptors (Lipinski definition) is 2. The molecule has 12 heavy (non-hydrogen) atoms. The Balaban J connectivity index is 2.77. The number of rotatable bonds is 2. The average molecular weight is 202 g/mol. The standard InChI is InChI=1S/C6H9F3O2S/c1-2-4-3-5(4)12(10,11)6(7,8)9/h4-5H,2-3H2,1H3. The van der Waals surface area contributed by atoms with Gasteiger partial charge in [0.05, 0.1) is 5.25 Å². The second kappa shape index (κ2) is 2.61. The molecule has 6 heteroatoms. The summed E-state index contributed by atoms with van der Waals surface area (Å²) in [5, 5.41) is -1.16. The quantitative estimate of drug-likeness (QED) is 0.683. The Bertz CT molecular complexity index is 267. The van der Waals surface area contributed by atoms with E-state index in [4.69, 9.17) is 0 Å². The largest absolute Gasteiger partial charge is 0.497 e. The molecule has 2 nitrogen and oxygen atoms in total. The Morgan fingerprint density at radius 1 is 1.42 bits per heavy atom. The van der Waals surface area contributed by atoms with Gasteiger partial charge >= 0.3 is 5.51 Å². The maximum Gasteiger partial charge on any atom is 0.497 e. The molecule has 0 bridgehead atoms. The molecule has 0 heterocycles. The van der Waals surface area contributed by atoms with Crippen molar-refractivity contribution in [2.24, 2.45) is 5.92 Å². The fraction of sp³-hybridized carbons (Fsp3) is 1.00. The van der Waals surface area contributed by atoms with Gasteiger partial charge in [0.2, 0.25) is 0 Å². The normalized spacial score (nSPS) is 30.3. The first kappa shape index (κ1) is 9.83. The Kier molecular flexibility index (Phi) is 2.14. The zero-order chi connectivity index (χ0) is 9.57. The average Bonchev–Trinajstić information content (AvgIpc) is 2.62. The molecule has 1 aliphatic rings. The molecule has 0 aromatic rings. The molecular formula is C6H9F3O2S. The minimum Gasteiger partial charge on any atom is -0.219 e. The monoisotopic (exact) mass is 202 g/mol. The van der Waals surface area contributed by atoms with Crippen LogP contribution >= 0.6 is 0 Å². The van der Waals surface area contributed by atoms with Gasteiger partial charge in [-0.3, -0.25) is 0 Å². The first-order valence-electron chi connectivity index (χ1n) is 3.61. The van der Waals surface area contributed by atoms with Crippen molar-refractivity contribution in [3.63, 3.8) is 0 Å². The lowest BCUT2D eigenvalue weighted by molar-refractivity contribution is -0.0438. The van der Waals surface area contributed by atoms with Crippen LogP contribution in [-0.2, 0) is 9.84 Å². The van der Waals surface area contributed by atoms with E-state index in [0.717, 1.165) is 0 Å². The lowest BCUT2D eigenvalue weighted by atomic mass is 10.3. The maximum absolute atomic E-state index is 11.8. The molecule has 1 saturated carbocycles. The number of halogens is 3. The second-order valence-corrected chi connectivity index (χ2v) is 5.09. The van der Waals surface area contributed by atoms with E-state index >= 15 is 0 Å². The number of hydrogen-bond donors (Lipinski definition) is 0. The molecule has 2 unspecified atom stereocenters. The van der Waals surface area contributed by atoms with Crippen LogP contribution in [0.15, 0.2) is 0 Å². The summed E-state index contributed by atoms with van der Waals surface area (Å²) in [7, 11) is -4.86. The maximum atomic E-state index is 11.8. The van der Waals surface area contributed by atoms with Crippen LogP contribution in [-0.4, -0.2) is 19.2 Å². The van der Waals surface area contributed by atoms with Crippen LogP contribution < -0.4 is 0 Å². The molecule has 0 amide bonds. The summed E-state index contributed by atoms with van der Waals surface area (Å²) in [6.45, 7) is 1.69. The van der Waals surface area contributed by atoms with Gasteiger partial charge in [0.1, 0.15) is 0 Å². The van der Waals surface area contributed by atoms with E-state index < -0.39 is 20.6 Å². The topological polar surface area (TPSA) is 34.1 Å². The summed E-state index contributed by atoms with van der Waals surface area (Å²) < 4.78 is 56.9. The van der Waals surface area contributed by atoms with E-state index in [2.05, 4.69) is 0 Å². The molecule has 1 fully saturated rings. The SMILES string of the molecule is CCC1CC1S(=O)(=O)C(F)(F)F. The van der Waals surface area contributed by atoms with Crippen molar-refractivity contribution in [1.29, 1.82) is 0 Å². The number of sulfone groups is 1. The smallest absolute Gasteiger partial charge is 0.219 e. The molecule has 0 aliphatic heterocycles. The molecule has 0 spiro atoms. The molecule has 0 N–H and O–H groups in total. The van der Waals surface area contributed by atoms with Gasteiger partial charge in [-0.2, -0.15) is 13.2 Å².